The van der Waals surface area contributed by atoms with Crippen LogP contribution in [0.15, 0.2) is 24.3 Å². The summed E-state index contributed by atoms with van der Waals surface area (Å²) >= 11 is 0. The topological polar surface area (TPSA) is 12.0 Å². The predicted molar refractivity (Wildman–Crippen MR) is 44.5 cm³/mol. The van der Waals surface area contributed by atoms with E-state index in [2.05, 4.69) is 33.5 Å². The molecule has 0 heterocycles. The molecular weight excluding hydrogens is 129 g/mol. The highest BCUT2D eigenvalue weighted by Crippen LogP contribution is 2.10. The van der Waals surface area contributed by atoms with Gasteiger partial charge in [0.25, 0.3) is 0 Å². The molecule has 0 saturated heterocycles. The second kappa shape index (κ2) is 2.84. The van der Waals surface area contributed by atoms with Gasteiger partial charge >= 0.3 is 0 Å². The number of hydrogen-bond donors (Lipinski definition) is 1. The fourth-order valence-corrected chi connectivity index (χ4v) is 0.914. The van der Waals surface area contributed by atoms with E-state index in [1.54, 1.807) is 0 Å². The van der Waals surface area contributed by atoms with Gasteiger partial charge in [-0.3, -0.25) is 0 Å². The van der Waals surface area contributed by atoms with Gasteiger partial charge in [-0.05, 0) is 34.0 Å². The average molecular weight is 139 g/mol. The SMILES string of the molecule is Cc1cccc(NP)c1. The molecule has 1 unspecified atom stereocenters. The molecule has 48 valence electrons. The van der Waals surface area contributed by atoms with E-state index in [1.165, 1.54) is 5.56 Å². The summed E-state index contributed by atoms with van der Waals surface area (Å²) in [5, 5.41) is 2.98. The standard InChI is InChI=1S/C7H10NP/c1-6-3-2-4-7(5-6)8-9/h2-5,8H,9H2,1H3. The highest BCUT2D eigenvalue weighted by Gasteiger charge is 1.84. The summed E-state index contributed by atoms with van der Waals surface area (Å²) in [4.78, 5) is 0. The molecular formula is C7H10NP. The predicted octanol–water partition coefficient (Wildman–Crippen LogP) is 2.20. The van der Waals surface area contributed by atoms with Crippen molar-refractivity contribution in [2.75, 3.05) is 5.09 Å². The Morgan fingerprint density at radius 3 is 2.67 bits per heavy atom. The zero-order chi connectivity index (χ0) is 6.69. The van der Waals surface area contributed by atoms with Crippen molar-refractivity contribution in [2.24, 2.45) is 0 Å². The van der Waals surface area contributed by atoms with Gasteiger partial charge in [-0.2, -0.15) is 0 Å². The lowest BCUT2D eigenvalue weighted by Crippen LogP contribution is -1.78. The first-order chi connectivity index (χ1) is 4.33. The smallest absolute Gasteiger partial charge is 0.0371 e. The third-order valence-corrected chi connectivity index (χ3v) is 1.52. The number of aryl methyl sites for hydroxylation is 1. The van der Waals surface area contributed by atoms with Crippen LogP contribution < -0.4 is 5.09 Å². The normalized spacial score (nSPS) is 9.11. The second-order valence-electron chi connectivity index (χ2n) is 2.01. The maximum Gasteiger partial charge on any atom is 0.0371 e. The summed E-state index contributed by atoms with van der Waals surface area (Å²) < 4.78 is 0. The Labute approximate surface area is 57.7 Å². The molecule has 1 aromatic rings. The van der Waals surface area contributed by atoms with Crippen molar-refractivity contribution in [3.63, 3.8) is 0 Å². The lowest BCUT2D eigenvalue weighted by Gasteiger charge is -1.98. The number of rotatable bonds is 1. The number of benzene rings is 1. The highest BCUT2D eigenvalue weighted by atomic mass is 31.0. The van der Waals surface area contributed by atoms with E-state index in [9.17, 15) is 0 Å². The van der Waals surface area contributed by atoms with Crippen molar-refractivity contribution in [1.82, 2.24) is 0 Å². The second-order valence-corrected chi connectivity index (χ2v) is 2.30. The van der Waals surface area contributed by atoms with Gasteiger partial charge in [0.1, 0.15) is 0 Å². The minimum atomic E-state index is 1.14. The Morgan fingerprint density at radius 2 is 2.22 bits per heavy atom. The van der Waals surface area contributed by atoms with E-state index < -0.39 is 0 Å². The van der Waals surface area contributed by atoms with Gasteiger partial charge in [-0.15, -0.1) is 0 Å². The van der Waals surface area contributed by atoms with Gasteiger partial charge in [0.2, 0.25) is 0 Å². The van der Waals surface area contributed by atoms with Crippen LogP contribution in [0.4, 0.5) is 5.69 Å². The van der Waals surface area contributed by atoms with Gasteiger partial charge in [-0.25, -0.2) is 0 Å². The molecule has 0 aliphatic heterocycles. The third-order valence-electron chi connectivity index (χ3n) is 1.18. The molecule has 0 aliphatic carbocycles. The molecule has 2 heteroatoms. The number of hydrogen-bond acceptors (Lipinski definition) is 1. The maximum atomic E-state index is 2.98. The monoisotopic (exact) mass is 139 g/mol. The van der Waals surface area contributed by atoms with E-state index >= 15 is 0 Å². The molecule has 1 N–H and O–H groups in total. The third kappa shape index (κ3) is 1.69. The average Bonchev–Trinajstić information content (AvgIpc) is 1.88. The Morgan fingerprint density at radius 1 is 1.44 bits per heavy atom. The zero-order valence-electron chi connectivity index (χ0n) is 5.39. The van der Waals surface area contributed by atoms with Crippen LogP contribution in [0, 0.1) is 6.92 Å². The minimum absolute atomic E-state index is 1.14. The van der Waals surface area contributed by atoms with Crippen LogP contribution in [0.5, 0.6) is 0 Å². The van der Waals surface area contributed by atoms with Crippen LogP contribution in [0.1, 0.15) is 5.56 Å². The maximum absolute atomic E-state index is 2.98. The van der Waals surface area contributed by atoms with Gasteiger partial charge in [0.05, 0.1) is 0 Å². The quantitative estimate of drug-likeness (QED) is 0.588. The number of anilines is 1. The van der Waals surface area contributed by atoms with Crippen molar-refractivity contribution in [1.29, 1.82) is 0 Å². The first-order valence-corrected chi connectivity index (χ1v) is 3.44. The van der Waals surface area contributed by atoms with Crippen LogP contribution in [0.3, 0.4) is 0 Å². The Kier molecular flexibility index (Phi) is 2.07. The Bertz CT molecular complexity index is 198. The van der Waals surface area contributed by atoms with Crippen LogP contribution in [0.25, 0.3) is 0 Å². The first kappa shape index (κ1) is 6.57. The van der Waals surface area contributed by atoms with Crippen molar-refractivity contribution in [3.8, 4) is 0 Å². The number of nitrogens with one attached hydrogen (secondary N) is 1. The molecule has 0 spiro atoms. The molecule has 0 aliphatic rings. The van der Waals surface area contributed by atoms with Crippen molar-refractivity contribution >= 4 is 15.1 Å². The summed E-state index contributed by atoms with van der Waals surface area (Å²) in [5.74, 6) is 0. The van der Waals surface area contributed by atoms with Crippen LogP contribution in [0.2, 0.25) is 0 Å². The molecule has 1 nitrogen and oxygen atoms in total. The van der Waals surface area contributed by atoms with Gasteiger partial charge in [0.15, 0.2) is 0 Å². The van der Waals surface area contributed by atoms with Crippen LogP contribution in [-0.2, 0) is 0 Å². The van der Waals surface area contributed by atoms with Crippen LogP contribution in [-0.4, -0.2) is 0 Å². The summed E-state index contributed by atoms with van der Waals surface area (Å²) in [6, 6.07) is 8.22. The fourth-order valence-electron chi connectivity index (χ4n) is 0.735. The van der Waals surface area contributed by atoms with E-state index in [0.29, 0.717) is 0 Å². The molecule has 0 fully saturated rings. The fraction of sp³-hybridized carbons (Fsp3) is 0.143. The molecule has 9 heavy (non-hydrogen) atoms. The van der Waals surface area contributed by atoms with Gasteiger partial charge < -0.3 is 5.09 Å². The lowest BCUT2D eigenvalue weighted by atomic mass is 10.2. The minimum Gasteiger partial charge on any atom is -0.369 e. The molecule has 1 atom stereocenters. The molecule has 0 amide bonds. The molecule has 1 rings (SSSR count). The largest absolute Gasteiger partial charge is 0.369 e. The van der Waals surface area contributed by atoms with E-state index in [0.717, 1.165) is 5.69 Å². The highest BCUT2D eigenvalue weighted by molar-refractivity contribution is 7.18. The van der Waals surface area contributed by atoms with Crippen molar-refractivity contribution in [2.45, 2.75) is 6.92 Å². The molecule has 0 radical (unpaired) electrons. The molecule has 0 aromatic heterocycles. The van der Waals surface area contributed by atoms with Crippen LogP contribution >= 0.6 is 9.39 Å². The summed E-state index contributed by atoms with van der Waals surface area (Å²) in [6.45, 7) is 2.07. The summed E-state index contributed by atoms with van der Waals surface area (Å²) in [5.41, 5.74) is 2.42. The van der Waals surface area contributed by atoms with Crippen molar-refractivity contribution in [3.05, 3.63) is 29.8 Å². The first-order valence-electron chi connectivity index (χ1n) is 2.86. The van der Waals surface area contributed by atoms with E-state index in [4.69, 9.17) is 0 Å². The summed E-state index contributed by atoms with van der Waals surface area (Å²) in [7, 11) is 2.47. The van der Waals surface area contributed by atoms with E-state index in [1.807, 2.05) is 12.1 Å². The van der Waals surface area contributed by atoms with Gasteiger partial charge in [-0.1, -0.05) is 12.1 Å². The van der Waals surface area contributed by atoms with Crippen molar-refractivity contribution < 1.29 is 0 Å². The Balaban J connectivity index is 2.94. The molecule has 1 aromatic carbocycles. The lowest BCUT2D eigenvalue weighted by molar-refractivity contribution is 1.47. The zero-order valence-corrected chi connectivity index (χ0v) is 6.54. The molecule has 0 bridgehead atoms. The van der Waals surface area contributed by atoms with E-state index in [-0.39, 0.29) is 0 Å². The Hall–Kier alpha value is -0.550. The molecule has 0 saturated carbocycles. The van der Waals surface area contributed by atoms with Gasteiger partial charge in [0, 0.05) is 5.69 Å². The summed E-state index contributed by atoms with van der Waals surface area (Å²) in [6.07, 6.45) is 0.